The van der Waals surface area contributed by atoms with Crippen molar-refractivity contribution in [1.29, 1.82) is 0 Å². The average molecular weight is 386 g/mol. The van der Waals surface area contributed by atoms with Crippen LogP contribution in [0.5, 0.6) is 5.75 Å². The number of ether oxygens (including phenoxy) is 2. The van der Waals surface area contributed by atoms with E-state index in [0.717, 1.165) is 44.2 Å². The summed E-state index contributed by atoms with van der Waals surface area (Å²) in [6.07, 6.45) is 0. The van der Waals surface area contributed by atoms with Crippen molar-refractivity contribution in [3.8, 4) is 17.2 Å². The maximum atomic E-state index is 6.14. The summed E-state index contributed by atoms with van der Waals surface area (Å²) in [5.74, 6) is 4.23. The molecule has 1 fully saturated rings. The molecule has 0 aliphatic carbocycles. The fourth-order valence-corrected chi connectivity index (χ4v) is 3.96. The van der Waals surface area contributed by atoms with Crippen molar-refractivity contribution in [2.24, 2.45) is 0 Å². The normalized spacial score (nSPS) is 15.3. The third-order valence-electron chi connectivity index (χ3n) is 4.20. The fourth-order valence-electron chi connectivity index (χ4n) is 2.75. The van der Waals surface area contributed by atoms with Gasteiger partial charge in [0, 0.05) is 30.4 Å². The molecular formula is C21H27NO2SSi. The molecule has 0 spiro atoms. The van der Waals surface area contributed by atoms with Gasteiger partial charge < -0.3 is 9.47 Å². The van der Waals surface area contributed by atoms with Crippen LogP contribution >= 0.6 is 11.3 Å². The van der Waals surface area contributed by atoms with Crippen molar-refractivity contribution in [2.45, 2.75) is 32.8 Å². The Hall–Kier alpha value is -1.58. The van der Waals surface area contributed by atoms with Gasteiger partial charge in [0.2, 0.25) is 0 Å². The topological polar surface area (TPSA) is 21.7 Å². The van der Waals surface area contributed by atoms with E-state index in [1.165, 1.54) is 11.1 Å². The lowest BCUT2D eigenvalue weighted by atomic mass is 10.1. The van der Waals surface area contributed by atoms with E-state index in [4.69, 9.17) is 9.47 Å². The molecule has 3 rings (SSSR count). The maximum absolute atomic E-state index is 6.14. The lowest BCUT2D eigenvalue weighted by molar-refractivity contribution is 0.0339. The minimum atomic E-state index is -1.38. The molecular weight excluding hydrogens is 358 g/mol. The van der Waals surface area contributed by atoms with Gasteiger partial charge in [-0.1, -0.05) is 49.8 Å². The van der Waals surface area contributed by atoms with Crippen molar-refractivity contribution in [1.82, 2.24) is 4.90 Å². The quantitative estimate of drug-likeness (QED) is 0.563. The van der Waals surface area contributed by atoms with Crippen LogP contribution in [0.4, 0.5) is 0 Å². The molecule has 0 unspecified atom stereocenters. The molecule has 1 saturated heterocycles. The van der Waals surface area contributed by atoms with E-state index in [1.54, 1.807) is 11.3 Å². The lowest BCUT2D eigenvalue weighted by Crippen LogP contribution is -2.35. The van der Waals surface area contributed by atoms with E-state index in [1.807, 2.05) is 0 Å². The molecule has 26 heavy (non-hydrogen) atoms. The summed E-state index contributed by atoms with van der Waals surface area (Å²) in [6.45, 7) is 12.0. The van der Waals surface area contributed by atoms with E-state index < -0.39 is 8.07 Å². The molecule has 5 heteroatoms. The van der Waals surface area contributed by atoms with E-state index in [-0.39, 0.29) is 0 Å². The second kappa shape index (κ2) is 8.87. The molecule has 2 heterocycles. The monoisotopic (exact) mass is 385 g/mol. The largest absolute Gasteiger partial charge is 0.487 e. The predicted octanol–water partition coefficient (Wildman–Crippen LogP) is 4.39. The Kier molecular flexibility index (Phi) is 6.55. The van der Waals surface area contributed by atoms with Crippen LogP contribution in [0.1, 0.15) is 16.7 Å². The van der Waals surface area contributed by atoms with Crippen LogP contribution in [-0.4, -0.2) is 39.3 Å². The summed E-state index contributed by atoms with van der Waals surface area (Å²) in [4.78, 5) is 2.44. The van der Waals surface area contributed by atoms with Gasteiger partial charge in [-0.2, -0.15) is 0 Å². The van der Waals surface area contributed by atoms with Gasteiger partial charge in [0.25, 0.3) is 0 Å². The number of morpholine rings is 1. The zero-order valence-corrected chi connectivity index (χ0v) is 17.7. The van der Waals surface area contributed by atoms with Crippen LogP contribution in [-0.2, 0) is 17.9 Å². The molecule has 2 aromatic rings. The fraction of sp³-hybridized carbons (Fsp3) is 0.429. The smallest absolute Gasteiger partial charge is 0.146 e. The molecule has 1 aliphatic rings. The molecule has 0 N–H and O–H groups in total. The van der Waals surface area contributed by atoms with Crippen molar-refractivity contribution in [3.05, 3.63) is 51.7 Å². The zero-order chi connectivity index (χ0) is 18.4. The van der Waals surface area contributed by atoms with Gasteiger partial charge in [-0.15, -0.1) is 16.9 Å². The van der Waals surface area contributed by atoms with Crippen LogP contribution in [0.3, 0.4) is 0 Å². The summed E-state index contributed by atoms with van der Waals surface area (Å²) in [6, 6.07) is 8.55. The Morgan fingerprint density at radius 3 is 2.58 bits per heavy atom. The van der Waals surface area contributed by atoms with Crippen LogP contribution in [0.25, 0.3) is 0 Å². The molecule has 0 saturated carbocycles. The van der Waals surface area contributed by atoms with Gasteiger partial charge in [0.15, 0.2) is 0 Å². The third kappa shape index (κ3) is 5.71. The Morgan fingerprint density at radius 1 is 1.12 bits per heavy atom. The van der Waals surface area contributed by atoms with Crippen LogP contribution in [0.15, 0.2) is 35.0 Å². The first-order chi connectivity index (χ1) is 12.5. The average Bonchev–Trinajstić information content (AvgIpc) is 3.07. The lowest BCUT2D eigenvalue weighted by Gasteiger charge is -2.27. The molecule has 1 aliphatic heterocycles. The minimum Gasteiger partial charge on any atom is -0.487 e. The molecule has 0 radical (unpaired) electrons. The summed E-state index contributed by atoms with van der Waals surface area (Å²) in [7, 11) is -1.38. The first-order valence-corrected chi connectivity index (χ1v) is 13.5. The predicted molar refractivity (Wildman–Crippen MR) is 111 cm³/mol. The number of benzene rings is 1. The van der Waals surface area contributed by atoms with Gasteiger partial charge in [-0.3, -0.25) is 4.90 Å². The van der Waals surface area contributed by atoms with Crippen molar-refractivity contribution in [2.75, 3.05) is 26.3 Å². The SMILES string of the molecule is C[Si](C)(C)C#Cc1cscc1OCc1ccccc1CN1CCOCC1. The third-order valence-corrected chi connectivity index (χ3v) is 5.79. The highest BCUT2D eigenvalue weighted by molar-refractivity contribution is 7.08. The van der Waals surface area contributed by atoms with Crippen LogP contribution < -0.4 is 4.74 Å². The van der Waals surface area contributed by atoms with Crippen molar-refractivity contribution >= 4 is 19.4 Å². The number of hydrogen-bond donors (Lipinski definition) is 0. The maximum Gasteiger partial charge on any atom is 0.146 e. The number of nitrogens with zero attached hydrogens (tertiary/aromatic N) is 1. The first kappa shape index (κ1) is 19.2. The summed E-state index contributed by atoms with van der Waals surface area (Å²) < 4.78 is 11.6. The summed E-state index contributed by atoms with van der Waals surface area (Å²) in [5.41, 5.74) is 7.02. The summed E-state index contributed by atoms with van der Waals surface area (Å²) >= 11 is 1.65. The molecule has 0 bridgehead atoms. The highest BCUT2D eigenvalue weighted by Gasteiger charge is 2.13. The van der Waals surface area contributed by atoms with E-state index in [0.29, 0.717) is 6.61 Å². The van der Waals surface area contributed by atoms with Crippen molar-refractivity contribution < 1.29 is 9.47 Å². The van der Waals surface area contributed by atoms with E-state index in [9.17, 15) is 0 Å². The Labute approximate surface area is 162 Å². The Morgan fingerprint density at radius 2 is 1.85 bits per heavy atom. The molecule has 1 aromatic carbocycles. The van der Waals surface area contributed by atoms with Gasteiger partial charge in [-0.05, 0) is 11.1 Å². The molecule has 3 nitrogen and oxygen atoms in total. The Bertz CT molecular complexity index is 779. The number of rotatable bonds is 5. The highest BCUT2D eigenvalue weighted by Crippen LogP contribution is 2.24. The van der Waals surface area contributed by atoms with Gasteiger partial charge in [0.1, 0.15) is 20.4 Å². The number of hydrogen-bond acceptors (Lipinski definition) is 4. The standard InChI is InChI=1S/C21H27NO2SSi/c1-26(2,3)13-8-20-16-25-17-21(20)24-15-19-7-5-4-6-18(19)14-22-9-11-23-12-10-22/h4-7,16-17H,9-12,14-15H2,1-3H3. The van der Waals surface area contributed by atoms with Gasteiger partial charge in [-0.25, -0.2) is 0 Å². The van der Waals surface area contributed by atoms with E-state index >= 15 is 0 Å². The molecule has 0 amide bonds. The highest BCUT2D eigenvalue weighted by atomic mass is 32.1. The van der Waals surface area contributed by atoms with E-state index in [2.05, 4.69) is 71.0 Å². The zero-order valence-electron chi connectivity index (χ0n) is 15.9. The van der Waals surface area contributed by atoms with Gasteiger partial charge >= 0.3 is 0 Å². The second-order valence-electron chi connectivity index (χ2n) is 7.60. The van der Waals surface area contributed by atoms with Gasteiger partial charge in [0.05, 0.1) is 18.8 Å². The minimum absolute atomic E-state index is 0.582. The Balaban J connectivity index is 1.67. The molecule has 138 valence electrons. The van der Waals surface area contributed by atoms with Crippen molar-refractivity contribution in [3.63, 3.8) is 0 Å². The summed E-state index contributed by atoms with van der Waals surface area (Å²) in [5, 5.41) is 4.14. The van der Waals surface area contributed by atoms with Crippen LogP contribution in [0.2, 0.25) is 19.6 Å². The van der Waals surface area contributed by atoms with Crippen LogP contribution in [0, 0.1) is 11.5 Å². The first-order valence-electron chi connectivity index (χ1n) is 9.10. The molecule has 0 atom stereocenters. The molecule has 1 aromatic heterocycles. The number of thiophene rings is 1. The second-order valence-corrected chi connectivity index (χ2v) is 13.1.